The molecule has 0 bridgehead atoms. The van der Waals surface area contributed by atoms with E-state index in [0.29, 0.717) is 482 Å². The molecule has 0 unspecified atom stereocenters. The Morgan fingerprint density at radius 2 is 0.267 bits per heavy atom. The Balaban J connectivity index is 3.11. The van der Waals surface area contributed by atoms with Gasteiger partial charge in [-0.05, 0) is 26.3 Å². The first-order valence-corrected chi connectivity index (χ1v) is 42.5. The summed E-state index contributed by atoms with van der Waals surface area (Å²) in [6.45, 7) is 39.6. The van der Waals surface area contributed by atoms with Gasteiger partial charge in [-0.2, -0.15) is 0 Å². The second-order valence-corrected chi connectivity index (χ2v) is 25.3. The summed E-state index contributed by atoms with van der Waals surface area (Å²) >= 11 is 0. The average molecular weight is 1760 g/mol. The van der Waals surface area contributed by atoms with Crippen LogP contribution < -0.4 is 0 Å². The second-order valence-electron chi connectivity index (χ2n) is 25.3. The van der Waals surface area contributed by atoms with Crippen molar-refractivity contribution in [2.45, 2.75) is 32.8 Å². The molecule has 0 radical (unpaired) electrons. The summed E-state index contributed by atoms with van der Waals surface area (Å²) in [5.41, 5.74) is 7.70. The number of nitrogens with zero attached hydrogens (tertiary/aromatic N) is 3. The van der Waals surface area contributed by atoms with Crippen molar-refractivity contribution in [3.05, 3.63) is 10.4 Å². The summed E-state index contributed by atoms with van der Waals surface area (Å²) in [5, 5.41) is 3.38. The summed E-state index contributed by atoms with van der Waals surface area (Å²) in [6, 6.07) is 0. The first kappa shape index (κ1) is 117. The lowest BCUT2D eigenvalue weighted by molar-refractivity contribution is -0.156. The van der Waals surface area contributed by atoms with Crippen LogP contribution >= 0.6 is 0 Å². The van der Waals surface area contributed by atoms with Crippen LogP contribution in [-0.4, -0.2) is 494 Å². The van der Waals surface area contributed by atoms with Gasteiger partial charge in [0.1, 0.15) is 5.60 Å². The molecular formula is C79H157N3O38. The fourth-order valence-electron chi connectivity index (χ4n) is 8.50. The number of esters is 1. The van der Waals surface area contributed by atoms with Gasteiger partial charge in [-0.1, -0.05) is 5.11 Å². The maximum absolute atomic E-state index is 11.6. The molecule has 0 amide bonds. The number of rotatable bonds is 111. The highest BCUT2D eigenvalue weighted by Crippen LogP contribution is 2.08. The Hall–Kier alpha value is -2.66. The molecular weight excluding hydrogens is 1600 g/mol. The van der Waals surface area contributed by atoms with Crippen LogP contribution in [0, 0.1) is 0 Å². The second kappa shape index (κ2) is 109. The highest BCUT2D eigenvalue weighted by Gasteiger charge is 2.16. The van der Waals surface area contributed by atoms with Gasteiger partial charge in [0, 0.05) is 11.5 Å². The first-order chi connectivity index (χ1) is 59.5. The van der Waals surface area contributed by atoms with Gasteiger partial charge in [-0.15, -0.1) is 0 Å². The number of carbonyl (C=O) groups excluding carboxylic acids is 1. The molecule has 0 aliphatic carbocycles. The van der Waals surface area contributed by atoms with E-state index in [4.69, 9.17) is 181 Å². The predicted octanol–water partition coefficient (Wildman–Crippen LogP) is 2.63. The van der Waals surface area contributed by atoms with E-state index in [1.54, 1.807) is 0 Å². The summed E-state index contributed by atoms with van der Waals surface area (Å²) in [6.07, 6.45) is 0.221. The van der Waals surface area contributed by atoms with Crippen LogP contribution in [0.5, 0.6) is 0 Å². The predicted molar refractivity (Wildman–Crippen MR) is 434 cm³/mol. The Kier molecular flexibility index (Phi) is 106. The molecule has 0 aromatic rings. The van der Waals surface area contributed by atoms with E-state index in [0.717, 1.165) is 0 Å². The molecule has 0 aliphatic heterocycles. The number of azide groups is 1. The topological polar surface area (TPSA) is 407 Å². The average Bonchev–Trinajstić information content (AvgIpc) is 0.950. The smallest absolute Gasteiger partial charge is 0.308 e. The van der Waals surface area contributed by atoms with Crippen LogP contribution in [0.2, 0.25) is 0 Å². The van der Waals surface area contributed by atoms with Crippen molar-refractivity contribution in [3.8, 4) is 0 Å². The van der Waals surface area contributed by atoms with Crippen LogP contribution in [0.1, 0.15) is 27.2 Å². The molecule has 0 spiro atoms. The largest absolute Gasteiger partial charge is 0.460 e. The normalized spacial score (nSPS) is 11.8. The van der Waals surface area contributed by atoms with Crippen LogP contribution in [0.25, 0.3) is 10.4 Å². The van der Waals surface area contributed by atoms with E-state index in [-0.39, 0.29) is 12.4 Å². The Labute approximate surface area is 714 Å². The van der Waals surface area contributed by atoms with E-state index >= 15 is 0 Å². The van der Waals surface area contributed by atoms with Crippen LogP contribution in [-0.2, 0) is 180 Å². The minimum Gasteiger partial charge on any atom is -0.460 e. The van der Waals surface area contributed by atoms with Gasteiger partial charge >= 0.3 is 5.97 Å². The zero-order valence-electron chi connectivity index (χ0n) is 73.2. The molecule has 0 heterocycles. The first-order valence-electron chi connectivity index (χ1n) is 42.5. The summed E-state index contributed by atoms with van der Waals surface area (Å²) in [7, 11) is 0. The van der Waals surface area contributed by atoms with E-state index < -0.39 is 5.60 Å². The Morgan fingerprint density at radius 3 is 0.358 bits per heavy atom. The van der Waals surface area contributed by atoms with Crippen molar-refractivity contribution < 1.29 is 180 Å². The van der Waals surface area contributed by atoms with Crippen molar-refractivity contribution >= 4 is 5.97 Å². The molecule has 0 rings (SSSR count). The SMILES string of the molecule is CC(C)(C)OC(=O)CCOCCOCCOCCOCCOCCOCCOCCOCCOCCOCCOCCOCCOCCOCCOCCOCCOCCOCCOCCOCCOCCOCCOCCOCCOCCOCCOCCOCCOCCOCCOCCOCCOCCOCCOCCOCCN=[N+]=[N-]. The number of carbonyl (C=O) groups is 1. The summed E-state index contributed by atoms with van der Waals surface area (Å²) in [4.78, 5) is 14.3. The maximum atomic E-state index is 11.6. The van der Waals surface area contributed by atoms with Crippen LogP contribution in [0.4, 0.5) is 0 Å². The zero-order valence-corrected chi connectivity index (χ0v) is 73.2. The van der Waals surface area contributed by atoms with Crippen molar-refractivity contribution in [1.82, 2.24) is 0 Å². The fraction of sp³-hybridized carbons (Fsp3) is 0.987. The number of ether oxygens (including phenoxy) is 37. The van der Waals surface area contributed by atoms with Crippen molar-refractivity contribution in [3.63, 3.8) is 0 Å². The lowest BCUT2D eigenvalue weighted by Crippen LogP contribution is -2.24. The molecule has 0 aliphatic rings. The molecule has 716 valence electrons. The molecule has 0 saturated carbocycles. The lowest BCUT2D eigenvalue weighted by Gasteiger charge is -2.19. The molecule has 0 aromatic carbocycles. The van der Waals surface area contributed by atoms with E-state index in [9.17, 15) is 4.79 Å². The summed E-state index contributed by atoms with van der Waals surface area (Å²) in [5.74, 6) is -0.273. The molecule has 0 saturated heterocycles. The third-order valence-electron chi connectivity index (χ3n) is 14.3. The third kappa shape index (κ3) is 113. The highest BCUT2D eigenvalue weighted by molar-refractivity contribution is 5.69. The molecule has 0 N–H and O–H groups in total. The summed E-state index contributed by atoms with van der Waals surface area (Å²) < 4.78 is 204. The zero-order chi connectivity index (χ0) is 86.0. The standard InChI is InChI=1S/C79H157N3O38/c1-79(2,3)120-78(83)4-6-84-8-10-86-12-14-88-16-18-90-20-22-92-24-26-94-28-30-96-32-34-98-36-38-100-40-42-102-44-46-104-48-50-106-52-54-108-56-58-110-60-62-112-64-66-114-68-70-116-72-74-118-76-77-119-75-73-117-71-69-115-67-65-113-63-61-111-59-57-109-55-53-107-51-49-105-47-45-103-43-41-101-39-37-99-35-33-97-31-29-95-27-25-93-23-21-91-19-17-89-15-13-87-11-9-85-7-5-81-82-80/h4-77H2,1-3H3. The maximum Gasteiger partial charge on any atom is 0.308 e. The number of hydrogen-bond donors (Lipinski definition) is 0. The fourth-order valence-corrected chi connectivity index (χ4v) is 8.50. The lowest BCUT2D eigenvalue weighted by atomic mass is 10.2. The van der Waals surface area contributed by atoms with Gasteiger partial charge in [-0.3, -0.25) is 4.79 Å². The quantitative estimate of drug-likeness (QED) is 0.0278. The van der Waals surface area contributed by atoms with E-state index in [2.05, 4.69) is 10.0 Å². The van der Waals surface area contributed by atoms with E-state index in [1.165, 1.54) is 0 Å². The molecule has 120 heavy (non-hydrogen) atoms. The molecule has 0 fully saturated rings. The number of hydrogen-bond acceptors (Lipinski definition) is 39. The van der Waals surface area contributed by atoms with Crippen LogP contribution in [0.15, 0.2) is 5.11 Å². The van der Waals surface area contributed by atoms with Gasteiger partial charge in [-0.25, -0.2) is 0 Å². The Morgan fingerprint density at radius 1 is 0.175 bits per heavy atom. The monoisotopic (exact) mass is 1760 g/mol. The minimum absolute atomic E-state index is 0.221. The Bertz CT molecular complexity index is 1910. The molecule has 0 aromatic heterocycles. The van der Waals surface area contributed by atoms with Crippen LogP contribution in [0.3, 0.4) is 0 Å². The third-order valence-corrected chi connectivity index (χ3v) is 14.3. The van der Waals surface area contributed by atoms with Gasteiger partial charge in [0.05, 0.1) is 482 Å². The highest BCUT2D eigenvalue weighted by atomic mass is 16.6. The minimum atomic E-state index is -0.487. The van der Waals surface area contributed by atoms with Gasteiger partial charge < -0.3 is 175 Å². The van der Waals surface area contributed by atoms with Gasteiger partial charge in [0.15, 0.2) is 0 Å². The van der Waals surface area contributed by atoms with E-state index in [1.807, 2.05) is 20.8 Å². The molecule has 41 nitrogen and oxygen atoms in total. The molecule has 41 heteroatoms. The molecule has 0 atom stereocenters. The van der Waals surface area contributed by atoms with Gasteiger partial charge in [0.2, 0.25) is 0 Å². The van der Waals surface area contributed by atoms with Crippen molar-refractivity contribution in [1.29, 1.82) is 0 Å². The van der Waals surface area contributed by atoms with Crippen molar-refractivity contribution in [2.75, 3.05) is 482 Å². The van der Waals surface area contributed by atoms with Gasteiger partial charge in [0.25, 0.3) is 0 Å². The van der Waals surface area contributed by atoms with Crippen molar-refractivity contribution in [2.24, 2.45) is 5.11 Å².